The Hall–Kier alpha value is -2.12. The first-order valence-electron chi connectivity index (χ1n) is 9.53. The van der Waals surface area contributed by atoms with Crippen LogP contribution in [0.3, 0.4) is 0 Å². The monoisotopic (exact) mass is 413 g/mol. The van der Waals surface area contributed by atoms with Crippen LogP contribution in [-0.2, 0) is 11.3 Å². The summed E-state index contributed by atoms with van der Waals surface area (Å²) in [6, 6.07) is 10.3. The number of thiophene rings is 1. The molecule has 3 aromatic rings. The summed E-state index contributed by atoms with van der Waals surface area (Å²) >= 11 is 2.74. The maximum absolute atomic E-state index is 12.7. The molecule has 5 nitrogen and oxygen atoms in total. The Morgan fingerprint density at radius 2 is 2.07 bits per heavy atom. The molecule has 1 N–H and O–H groups in total. The first-order chi connectivity index (χ1) is 13.6. The zero-order valence-corrected chi connectivity index (χ0v) is 17.6. The molecule has 1 aromatic carbocycles. The van der Waals surface area contributed by atoms with Gasteiger partial charge in [-0.1, -0.05) is 41.6 Å². The number of benzene rings is 1. The molecule has 0 saturated heterocycles. The Morgan fingerprint density at radius 3 is 2.75 bits per heavy atom. The standard InChI is InChI=1S/C21H23N3O2S2/c1-3-24-20(26)19-16(10-11-27-19)22-21(24)28-12-17(25)23-18(15-8-9-15)14-6-4-13(2)5-7-14/h4-7,10-11,15,18H,3,8-9,12H2,1-2H3,(H,23,25). The Morgan fingerprint density at radius 1 is 1.32 bits per heavy atom. The van der Waals surface area contributed by atoms with Gasteiger partial charge < -0.3 is 5.32 Å². The number of nitrogens with one attached hydrogen (secondary N) is 1. The smallest absolute Gasteiger partial charge is 0.272 e. The maximum atomic E-state index is 12.7. The van der Waals surface area contributed by atoms with Gasteiger partial charge in [0.15, 0.2) is 5.16 Å². The fourth-order valence-corrected chi connectivity index (χ4v) is 4.99. The number of rotatable bonds is 7. The van der Waals surface area contributed by atoms with Gasteiger partial charge >= 0.3 is 0 Å². The third kappa shape index (κ3) is 4.00. The molecule has 146 valence electrons. The quantitative estimate of drug-likeness (QED) is 0.467. The van der Waals surface area contributed by atoms with Crippen LogP contribution in [0.5, 0.6) is 0 Å². The second-order valence-electron chi connectivity index (χ2n) is 7.16. The SMILES string of the molecule is CCn1c(SCC(=O)NC(c2ccc(C)cc2)C2CC2)nc2ccsc2c1=O. The van der Waals surface area contributed by atoms with Crippen LogP contribution in [0.1, 0.15) is 36.9 Å². The molecule has 1 amide bonds. The van der Waals surface area contributed by atoms with E-state index in [2.05, 4.69) is 41.5 Å². The largest absolute Gasteiger partial charge is 0.348 e. The molecule has 0 bridgehead atoms. The molecule has 0 radical (unpaired) electrons. The van der Waals surface area contributed by atoms with Crippen LogP contribution in [0.2, 0.25) is 0 Å². The molecular formula is C21H23N3O2S2. The highest BCUT2D eigenvalue weighted by atomic mass is 32.2. The van der Waals surface area contributed by atoms with Gasteiger partial charge in [0.1, 0.15) is 4.70 Å². The minimum atomic E-state index is -0.0269. The van der Waals surface area contributed by atoms with Gasteiger partial charge in [0.2, 0.25) is 5.91 Å². The number of hydrogen-bond donors (Lipinski definition) is 1. The number of fused-ring (bicyclic) bond motifs is 1. The number of carbonyl (C=O) groups is 1. The van der Waals surface area contributed by atoms with Crippen molar-refractivity contribution < 1.29 is 4.79 Å². The number of hydrogen-bond acceptors (Lipinski definition) is 5. The van der Waals surface area contributed by atoms with Crippen molar-refractivity contribution in [3.8, 4) is 0 Å². The first-order valence-corrected chi connectivity index (χ1v) is 11.4. The lowest BCUT2D eigenvalue weighted by Crippen LogP contribution is -2.31. The number of amides is 1. The van der Waals surface area contributed by atoms with Crippen LogP contribution in [-0.4, -0.2) is 21.2 Å². The van der Waals surface area contributed by atoms with E-state index in [-0.39, 0.29) is 23.3 Å². The lowest BCUT2D eigenvalue weighted by Gasteiger charge is -2.19. The summed E-state index contributed by atoms with van der Waals surface area (Å²) in [5.74, 6) is 0.743. The molecule has 7 heteroatoms. The lowest BCUT2D eigenvalue weighted by molar-refractivity contribution is -0.119. The molecule has 1 unspecified atom stereocenters. The summed E-state index contributed by atoms with van der Waals surface area (Å²) in [7, 11) is 0. The predicted octanol–water partition coefficient (Wildman–Crippen LogP) is 4.15. The highest BCUT2D eigenvalue weighted by molar-refractivity contribution is 7.99. The fraction of sp³-hybridized carbons (Fsp3) is 0.381. The molecule has 0 aliphatic heterocycles. The van der Waals surface area contributed by atoms with Crippen molar-refractivity contribution in [3.63, 3.8) is 0 Å². The average molecular weight is 414 g/mol. The number of thioether (sulfide) groups is 1. The summed E-state index contributed by atoms with van der Waals surface area (Å²) in [4.78, 5) is 29.8. The number of carbonyl (C=O) groups excluding carboxylic acids is 1. The van der Waals surface area contributed by atoms with Crippen molar-refractivity contribution in [3.05, 3.63) is 57.2 Å². The van der Waals surface area contributed by atoms with Gasteiger partial charge in [-0.25, -0.2) is 4.98 Å². The summed E-state index contributed by atoms with van der Waals surface area (Å²) < 4.78 is 2.32. The number of aromatic nitrogens is 2. The topological polar surface area (TPSA) is 64.0 Å². The minimum Gasteiger partial charge on any atom is -0.348 e. The van der Waals surface area contributed by atoms with E-state index >= 15 is 0 Å². The molecule has 28 heavy (non-hydrogen) atoms. The van der Waals surface area contributed by atoms with Crippen LogP contribution >= 0.6 is 23.1 Å². The van der Waals surface area contributed by atoms with Gasteiger partial charge in [0.25, 0.3) is 5.56 Å². The van der Waals surface area contributed by atoms with E-state index in [0.717, 1.165) is 18.4 Å². The van der Waals surface area contributed by atoms with Crippen molar-refractivity contribution in [2.24, 2.45) is 5.92 Å². The first kappa shape index (κ1) is 19.2. The summed E-state index contributed by atoms with van der Waals surface area (Å²) in [6.07, 6.45) is 2.30. The lowest BCUT2D eigenvalue weighted by atomic mass is 10.0. The second kappa shape index (κ2) is 8.09. The molecule has 0 spiro atoms. The van der Waals surface area contributed by atoms with E-state index in [4.69, 9.17) is 0 Å². The van der Waals surface area contributed by atoms with E-state index in [1.54, 1.807) is 4.57 Å². The highest BCUT2D eigenvalue weighted by Crippen LogP contribution is 2.41. The summed E-state index contributed by atoms with van der Waals surface area (Å²) in [6.45, 7) is 4.53. The van der Waals surface area contributed by atoms with Crippen molar-refractivity contribution in [1.29, 1.82) is 0 Å². The molecule has 1 fully saturated rings. The van der Waals surface area contributed by atoms with Crippen LogP contribution in [0, 0.1) is 12.8 Å². The van der Waals surface area contributed by atoms with Crippen molar-refractivity contribution in [2.45, 2.75) is 44.4 Å². The minimum absolute atomic E-state index is 0.0233. The van der Waals surface area contributed by atoms with Crippen LogP contribution in [0.15, 0.2) is 45.7 Å². The maximum Gasteiger partial charge on any atom is 0.272 e. The molecule has 1 atom stereocenters. The number of aryl methyl sites for hydroxylation is 1. The molecule has 1 aliphatic rings. The van der Waals surface area contributed by atoms with E-state index < -0.39 is 0 Å². The van der Waals surface area contributed by atoms with Gasteiger partial charge in [0, 0.05) is 6.54 Å². The van der Waals surface area contributed by atoms with Gasteiger partial charge in [-0.15, -0.1) is 11.3 Å². The van der Waals surface area contributed by atoms with Crippen molar-refractivity contribution in [1.82, 2.24) is 14.9 Å². The van der Waals surface area contributed by atoms with E-state index in [1.165, 1.54) is 28.7 Å². The van der Waals surface area contributed by atoms with Gasteiger partial charge in [-0.3, -0.25) is 14.2 Å². The number of nitrogens with zero attached hydrogens (tertiary/aromatic N) is 2. The molecule has 1 saturated carbocycles. The van der Waals surface area contributed by atoms with Crippen molar-refractivity contribution in [2.75, 3.05) is 5.75 Å². The van der Waals surface area contributed by atoms with Gasteiger partial charge in [-0.2, -0.15) is 0 Å². The Kier molecular flexibility index (Phi) is 5.55. The van der Waals surface area contributed by atoms with Crippen LogP contribution in [0.25, 0.3) is 10.2 Å². The van der Waals surface area contributed by atoms with E-state index in [1.807, 2.05) is 18.4 Å². The van der Waals surface area contributed by atoms with E-state index in [0.29, 0.717) is 27.8 Å². The average Bonchev–Trinajstić information content (AvgIpc) is 3.42. The zero-order valence-electron chi connectivity index (χ0n) is 16.0. The third-order valence-electron chi connectivity index (χ3n) is 5.03. The molecule has 4 rings (SSSR count). The molecular weight excluding hydrogens is 390 g/mol. The molecule has 2 aromatic heterocycles. The normalized spacial score (nSPS) is 14.9. The second-order valence-corrected chi connectivity index (χ2v) is 9.02. The van der Waals surface area contributed by atoms with Crippen LogP contribution in [0.4, 0.5) is 0 Å². The Balaban J connectivity index is 1.47. The van der Waals surface area contributed by atoms with Crippen molar-refractivity contribution >= 4 is 39.2 Å². The summed E-state index contributed by atoms with van der Waals surface area (Å²) in [5, 5.41) is 5.68. The van der Waals surface area contributed by atoms with E-state index in [9.17, 15) is 9.59 Å². The fourth-order valence-electron chi connectivity index (χ4n) is 3.33. The highest BCUT2D eigenvalue weighted by Gasteiger charge is 2.33. The van der Waals surface area contributed by atoms with Gasteiger partial charge in [-0.05, 0) is 49.6 Å². The Bertz CT molecular complexity index is 1050. The summed E-state index contributed by atoms with van der Waals surface area (Å²) in [5.41, 5.74) is 3.06. The Labute approximate surface area is 172 Å². The van der Waals surface area contributed by atoms with Crippen LogP contribution < -0.4 is 10.9 Å². The van der Waals surface area contributed by atoms with Gasteiger partial charge in [0.05, 0.1) is 17.3 Å². The zero-order chi connectivity index (χ0) is 19.7. The molecule has 1 aliphatic carbocycles. The predicted molar refractivity (Wildman–Crippen MR) is 115 cm³/mol. The third-order valence-corrected chi connectivity index (χ3v) is 6.89. The molecule has 2 heterocycles.